The van der Waals surface area contributed by atoms with Crippen molar-refractivity contribution < 1.29 is 22.8 Å². The van der Waals surface area contributed by atoms with Gasteiger partial charge in [0.05, 0.1) is 10.8 Å². The van der Waals surface area contributed by atoms with Crippen molar-refractivity contribution >= 4 is 33.2 Å². The van der Waals surface area contributed by atoms with Gasteiger partial charge in [0.2, 0.25) is 15.9 Å². The fraction of sp³-hybridized carbons (Fsp3) is 0.222. The fourth-order valence-electron chi connectivity index (χ4n) is 4.66. The number of hydrogen-bond donors (Lipinski definition) is 1. The molecule has 1 saturated heterocycles. The minimum absolute atomic E-state index is 0.0811. The molecule has 1 N–H and O–H groups in total. The predicted octanol–water partition coefficient (Wildman–Crippen LogP) is 3.81. The molecule has 8 heteroatoms. The van der Waals surface area contributed by atoms with Crippen LogP contribution in [0.4, 0.5) is 5.69 Å². The normalized spacial score (nSPS) is 18.0. The van der Waals surface area contributed by atoms with Crippen molar-refractivity contribution in [1.29, 1.82) is 0 Å². The second-order valence-corrected chi connectivity index (χ2v) is 10.9. The third-order valence-electron chi connectivity index (χ3n) is 6.61. The lowest BCUT2D eigenvalue weighted by Gasteiger charge is -2.31. The van der Waals surface area contributed by atoms with Crippen LogP contribution in [0.2, 0.25) is 0 Å². The van der Waals surface area contributed by atoms with Crippen LogP contribution in [-0.4, -0.2) is 43.3 Å². The number of ketones is 2. The average Bonchev–Trinajstić information content (AvgIpc) is 2.87. The number of piperidine rings is 1. The van der Waals surface area contributed by atoms with Crippen LogP contribution in [-0.2, 0) is 14.8 Å². The first-order valence-electron chi connectivity index (χ1n) is 11.5. The van der Waals surface area contributed by atoms with Crippen LogP contribution in [0.5, 0.6) is 0 Å². The standard InChI is InChI=1S/C27H24N2O5S/c1-17-8-11-20(12-9-17)35(33,34)29-14-4-5-18(16-29)27(32)28-19-10-13-23-24(15-19)26(31)22-7-3-2-6-21(22)25(23)30/h2-3,6-13,15,18H,4-5,14,16H2,1H3,(H,28,32). The van der Waals surface area contributed by atoms with E-state index in [-0.39, 0.29) is 34.5 Å². The number of amides is 1. The highest BCUT2D eigenvalue weighted by Crippen LogP contribution is 2.30. The van der Waals surface area contributed by atoms with E-state index in [0.29, 0.717) is 41.8 Å². The van der Waals surface area contributed by atoms with E-state index in [0.717, 1.165) is 5.56 Å². The van der Waals surface area contributed by atoms with Gasteiger partial charge in [-0.15, -0.1) is 0 Å². The van der Waals surface area contributed by atoms with Crippen LogP contribution in [0.1, 0.15) is 50.2 Å². The molecule has 3 aromatic carbocycles. The van der Waals surface area contributed by atoms with Crippen LogP contribution in [0, 0.1) is 12.8 Å². The Morgan fingerprint density at radius 1 is 0.886 bits per heavy atom. The van der Waals surface area contributed by atoms with E-state index in [1.165, 1.54) is 10.4 Å². The zero-order chi connectivity index (χ0) is 24.7. The molecule has 178 valence electrons. The van der Waals surface area contributed by atoms with Crippen molar-refractivity contribution in [3.63, 3.8) is 0 Å². The van der Waals surface area contributed by atoms with Crippen molar-refractivity contribution in [2.75, 3.05) is 18.4 Å². The number of hydrogen-bond acceptors (Lipinski definition) is 5. The molecule has 7 nitrogen and oxygen atoms in total. The van der Waals surface area contributed by atoms with Gasteiger partial charge >= 0.3 is 0 Å². The fourth-order valence-corrected chi connectivity index (χ4v) is 6.18. The third kappa shape index (κ3) is 4.19. The summed E-state index contributed by atoms with van der Waals surface area (Å²) in [6.45, 7) is 2.33. The van der Waals surface area contributed by atoms with E-state index in [1.807, 2.05) is 6.92 Å². The Balaban J connectivity index is 1.33. The number of fused-ring (bicyclic) bond motifs is 2. The molecule has 1 unspecified atom stereocenters. The molecular formula is C27H24N2O5S. The number of carbonyl (C=O) groups excluding carboxylic acids is 3. The third-order valence-corrected chi connectivity index (χ3v) is 8.49. The second kappa shape index (κ2) is 8.87. The van der Waals surface area contributed by atoms with E-state index < -0.39 is 15.9 Å². The highest BCUT2D eigenvalue weighted by atomic mass is 32.2. The van der Waals surface area contributed by atoms with E-state index in [9.17, 15) is 22.8 Å². The largest absolute Gasteiger partial charge is 0.326 e. The maximum atomic E-state index is 13.1. The molecule has 2 aliphatic rings. The summed E-state index contributed by atoms with van der Waals surface area (Å²) in [7, 11) is -3.70. The molecular weight excluding hydrogens is 464 g/mol. The number of carbonyl (C=O) groups is 3. The Morgan fingerprint density at radius 2 is 1.51 bits per heavy atom. The summed E-state index contributed by atoms with van der Waals surface area (Å²) in [5.74, 6) is -1.33. The lowest BCUT2D eigenvalue weighted by atomic mass is 9.84. The SMILES string of the molecule is Cc1ccc(S(=O)(=O)N2CCCC(C(=O)Nc3ccc4c(c3)C(=O)c3ccccc3C4=O)C2)cc1. The molecule has 1 aliphatic heterocycles. The summed E-state index contributed by atoms with van der Waals surface area (Å²) < 4.78 is 27.5. The minimum Gasteiger partial charge on any atom is -0.326 e. The lowest BCUT2D eigenvalue weighted by Crippen LogP contribution is -2.43. The number of aryl methyl sites for hydroxylation is 1. The Morgan fingerprint density at radius 3 is 2.20 bits per heavy atom. The molecule has 5 rings (SSSR count). The van der Waals surface area contributed by atoms with Gasteiger partial charge in [0.15, 0.2) is 11.6 Å². The second-order valence-electron chi connectivity index (χ2n) is 8.97. The first-order chi connectivity index (χ1) is 16.8. The summed E-state index contributed by atoms with van der Waals surface area (Å²) >= 11 is 0. The topological polar surface area (TPSA) is 101 Å². The summed E-state index contributed by atoms with van der Waals surface area (Å²) in [6, 6.07) is 18.0. The van der Waals surface area contributed by atoms with Gasteiger partial charge in [-0.3, -0.25) is 14.4 Å². The molecule has 0 saturated carbocycles. The number of anilines is 1. The van der Waals surface area contributed by atoms with Crippen LogP contribution in [0.3, 0.4) is 0 Å². The molecule has 0 bridgehead atoms. The van der Waals surface area contributed by atoms with Crippen LogP contribution >= 0.6 is 0 Å². The number of benzene rings is 3. The summed E-state index contributed by atoms with van der Waals surface area (Å²) in [5.41, 5.74) is 2.64. The van der Waals surface area contributed by atoms with Crippen molar-refractivity contribution in [3.8, 4) is 0 Å². The summed E-state index contributed by atoms with van der Waals surface area (Å²) in [6.07, 6.45) is 1.12. The van der Waals surface area contributed by atoms with Gasteiger partial charge in [0.25, 0.3) is 0 Å². The van der Waals surface area contributed by atoms with E-state index in [2.05, 4.69) is 5.32 Å². The van der Waals surface area contributed by atoms with E-state index in [4.69, 9.17) is 0 Å². The molecule has 1 aliphatic carbocycles. The van der Waals surface area contributed by atoms with Crippen molar-refractivity contribution in [2.45, 2.75) is 24.7 Å². The molecule has 1 atom stereocenters. The highest BCUT2D eigenvalue weighted by molar-refractivity contribution is 7.89. The van der Waals surface area contributed by atoms with Crippen molar-refractivity contribution in [3.05, 3.63) is 94.5 Å². The van der Waals surface area contributed by atoms with Gasteiger partial charge in [-0.2, -0.15) is 4.31 Å². The maximum absolute atomic E-state index is 13.1. The van der Waals surface area contributed by atoms with Crippen molar-refractivity contribution in [1.82, 2.24) is 4.31 Å². The number of nitrogens with zero attached hydrogens (tertiary/aromatic N) is 1. The van der Waals surface area contributed by atoms with E-state index >= 15 is 0 Å². The number of nitrogens with one attached hydrogen (secondary N) is 1. The monoisotopic (exact) mass is 488 g/mol. The smallest absolute Gasteiger partial charge is 0.243 e. The highest BCUT2D eigenvalue weighted by Gasteiger charge is 2.34. The van der Waals surface area contributed by atoms with Gasteiger partial charge in [0, 0.05) is 41.0 Å². The first-order valence-corrected chi connectivity index (χ1v) is 12.9. The zero-order valence-electron chi connectivity index (χ0n) is 19.2. The molecule has 1 heterocycles. The van der Waals surface area contributed by atoms with Gasteiger partial charge in [-0.25, -0.2) is 8.42 Å². The van der Waals surface area contributed by atoms with Crippen molar-refractivity contribution in [2.24, 2.45) is 5.92 Å². The average molecular weight is 489 g/mol. The predicted molar refractivity (Wildman–Crippen MR) is 131 cm³/mol. The zero-order valence-corrected chi connectivity index (χ0v) is 20.0. The quantitative estimate of drug-likeness (QED) is 0.471. The number of rotatable bonds is 4. The Labute approximate surface area is 203 Å². The summed E-state index contributed by atoms with van der Waals surface area (Å²) in [5, 5.41) is 2.82. The molecule has 1 fully saturated rings. The summed E-state index contributed by atoms with van der Waals surface area (Å²) in [4.78, 5) is 39.0. The van der Waals surface area contributed by atoms with Crippen LogP contribution < -0.4 is 5.32 Å². The van der Waals surface area contributed by atoms with Gasteiger partial charge in [-0.05, 0) is 50.1 Å². The molecule has 1 amide bonds. The molecule has 0 spiro atoms. The minimum atomic E-state index is -3.70. The molecule has 35 heavy (non-hydrogen) atoms. The molecule has 3 aromatic rings. The maximum Gasteiger partial charge on any atom is 0.243 e. The van der Waals surface area contributed by atoms with Gasteiger partial charge < -0.3 is 5.32 Å². The van der Waals surface area contributed by atoms with Gasteiger partial charge in [-0.1, -0.05) is 42.0 Å². The molecule has 0 radical (unpaired) electrons. The Hall–Kier alpha value is -3.62. The lowest BCUT2D eigenvalue weighted by molar-refractivity contribution is -0.120. The van der Waals surface area contributed by atoms with E-state index in [1.54, 1.807) is 60.7 Å². The van der Waals surface area contributed by atoms with Crippen LogP contribution in [0.25, 0.3) is 0 Å². The van der Waals surface area contributed by atoms with Gasteiger partial charge in [0.1, 0.15) is 0 Å². The first kappa shape index (κ1) is 23.1. The molecule has 0 aromatic heterocycles. The number of sulfonamides is 1. The van der Waals surface area contributed by atoms with Crippen LogP contribution in [0.15, 0.2) is 71.6 Å². The Kier molecular flexibility index (Phi) is 5.86. The Bertz CT molecular complexity index is 1460.